The fourth-order valence-electron chi connectivity index (χ4n) is 1.80. The Bertz CT molecular complexity index is 646. The van der Waals surface area contributed by atoms with E-state index in [0.29, 0.717) is 22.9 Å². The van der Waals surface area contributed by atoms with Crippen molar-refractivity contribution in [1.82, 2.24) is 0 Å². The molecular weight excluding hydrogens is 304 g/mol. The van der Waals surface area contributed by atoms with E-state index in [-0.39, 0.29) is 5.91 Å². The van der Waals surface area contributed by atoms with Gasteiger partial charge in [0, 0.05) is 22.8 Å². The van der Waals surface area contributed by atoms with Crippen LogP contribution in [-0.2, 0) is 4.79 Å². The van der Waals surface area contributed by atoms with Crippen LogP contribution in [0.15, 0.2) is 47.4 Å². The van der Waals surface area contributed by atoms with Crippen molar-refractivity contribution in [2.45, 2.75) is 18.2 Å². The van der Waals surface area contributed by atoms with Gasteiger partial charge in [-0.1, -0.05) is 29.8 Å². The molecule has 0 bridgehead atoms. The summed E-state index contributed by atoms with van der Waals surface area (Å²) >= 11 is 7.59. The average molecular weight is 321 g/mol. The highest BCUT2D eigenvalue weighted by Gasteiger charge is 2.06. The monoisotopic (exact) mass is 320 g/mol. The van der Waals surface area contributed by atoms with Crippen molar-refractivity contribution in [3.8, 4) is 0 Å². The molecule has 1 amide bonds. The van der Waals surface area contributed by atoms with Crippen LogP contribution >= 0.6 is 23.4 Å². The molecular formula is C16H17ClN2OS. The Hall–Kier alpha value is -1.65. The first kappa shape index (κ1) is 15.7. The summed E-state index contributed by atoms with van der Waals surface area (Å²) in [7, 11) is 0. The standard InChI is InChI=1S/C16H17ClN2OS/c1-11-6-7-13(18)15(10-11)21-9-8-16(20)19-14-5-3-2-4-12(14)17/h2-7,10H,8-9,18H2,1H3,(H,19,20). The number of nitrogen functional groups attached to an aromatic ring is 1. The lowest BCUT2D eigenvalue weighted by Crippen LogP contribution is -2.12. The summed E-state index contributed by atoms with van der Waals surface area (Å²) in [5.41, 5.74) is 8.46. The molecule has 0 radical (unpaired) electrons. The Labute approximate surface area is 133 Å². The van der Waals surface area contributed by atoms with Crippen molar-refractivity contribution in [3.63, 3.8) is 0 Å². The van der Waals surface area contributed by atoms with Gasteiger partial charge in [0.15, 0.2) is 0 Å². The average Bonchev–Trinajstić information content (AvgIpc) is 2.45. The Morgan fingerprint density at radius 3 is 2.81 bits per heavy atom. The normalized spacial score (nSPS) is 10.4. The summed E-state index contributed by atoms with van der Waals surface area (Å²) < 4.78 is 0. The molecule has 0 aliphatic carbocycles. The molecule has 3 N–H and O–H groups in total. The molecule has 0 heterocycles. The zero-order valence-corrected chi connectivity index (χ0v) is 13.3. The molecule has 0 spiro atoms. The van der Waals surface area contributed by atoms with Crippen LogP contribution in [0.2, 0.25) is 5.02 Å². The topological polar surface area (TPSA) is 55.1 Å². The van der Waals surface area contributed by atoms with Gasteiger partial charge >= 0.3 is 0 Å². The third kappa shape index (κ3) is 4.69. The number of nitrogens with two attached hydrogens (primary N) is 1. The molecule has 0 unspecified atom stereocenters. The molecule has 5 heteroatoms. The number of halogens is 1. The minimum Gasteiger partial charge on any atom is -0.398 e. The maximum Gasteiger partial charge on any atom is 0.225 e. The summed E-state index contributed by atoms with van der Waals surface area (Å²) in [4.78, 5) is 12.9. The summed E-state index contributed by atoms with van der Waals surface area (Å²) in [5.74, 6) is 0.617. The van der Waals surface area contributed by atoms with Gasteiger partial charge in [0.05, 0.1) is 10.7 Å². The minimum absolute atomic E-state index is 0.0539. The fraction of sp³-hybridized carbons (Fsp3) is 0.188. The third-order valence-corrected chi connectivity index (χ3v) is 4.31. The zero-order valence-electron chi connectivity index (χ0n) is 11.7. The lowest BCUT2D eigenvalue weighted by molar-refractivity contribution is -0.115. The van der Waals surface area contributed by atoms with Gasteiger partial charge in [-0.05, 0) is 36.8 Å². The number of aryl methyl sites for hydroxylation is 1. The van der Waals surface area contributed by atoms with Gasteiger partial charge in [0.25, 0.3) is 0 Å². The van der Waals surface area contributed by atoms with Gasteiger partial charge in [-0.25, -0.2) is 0 Å². The molecule has 0 saturated heterocycles. The van der Waals surface area contributed by atoms with E-state index in [4.69, 9.17) is 17.3 Å². The molecule has 0 aliphatic rings. The highest BCUT2D eigenvalue weighted by Crippen LogP contribution is 2.27. The molecule has 0 saturated carbocycles. The number of para-hydroxylation sites is 1. The predicted octanol–water partition coefficient (Wildman–Crippen LogP) is 4.35. The quantitative estimate of drug-likeness (QED) is 0.636. The van der Waals surface area contributed by atoms with Crippen LogP contribution in [0.25, 0.3) is 0 Å². The smallest absolute Gasteiger partial charge is 0.225 e. The first-order chi connectivity index (χ1) is 10.1. The SMILES string of the molecule is Cc1ccc(N)c(SCCC(=O)Nc2ccccc2Cl)c1. The molecule has 0 aromatic heterocycles. The van der Waals surface area contributed by atoms with E-state index >= 15 is 0 Å². The molecule has 2 rings (SSSR count). The Morgan fingerprint density at radius 1 is 1.29 bits per heavy atom. The predicted molar refractivity (Wildman–Crippen MR) is 91.0 cm³/mol. The maximum absolute atomic E-state index is 11.9. The molecule has 0 atom stereocenters. The number of thioether (sulfide) groups is 1. The fourth-order valence-corrected chi connectivity index (χ4v) is 2.99. The van der Waals surface area contributed by atoms with Crippen molar-refractivity contribution < 1.29 is 4.79 Å². The molecule has 110 valence electrons. The van der Waals surface area contributed by atoms with Crippen molar-refractivity contribution in [2.75, 3.05) is 16.8 Å². The second kappa shape index (κ2) is 7.38. The highest BCUT2D eigenvalue weighted by molar-refractivity contribution is 7.99. The van der Waals surface area contributed by atoms with Crippen LogP contribution in [0.5, 0.6) is 0 Å². The molecule has 0 fully saturated rings. The van der Waals surface area contributed by atoms with E-state index in [1.165, 1.54) is 0 Å². The maximum atomic E-state index is 11.9. The van der Waals surface area contributed by atoms with Crippen LogP contribution in [0.4, 0.5) is 11.4 Å². The van der Waals surface area contributed by atoms with Gasteiger partial charge in [-0.2, -0.15) is 0 Å². The van der Waals surface area contributed by atoms with Gasteiger partial charge in [0.2, 0.25) is 5.91 Å². The van der Waals surface area contributed by atoms with Gasteiger partial charge in [-0.3, -0.25) is 4.79 Å². The number of nitrogens with one attached hydrogen (secondary N) is 1. The molecule has 2 aromatic carbocycles. The number of benzene rings is 2. The second-order valence-electron chi connectivity index (χ2n) is 4.67. The van der Waals surface area contributed by atoms with E-state index in [1.54, 1.807) is 23.9 Å². The number of amides is 1. The van der Waals surface area contributed by atoms with Gasteiger partial charge in [-0.15, -0.1) is 11.8 Å². The summed E-state index contributed by atoms with van der Waals surface area (Å²) in [5, 5.41) is 3.35. The Kier molecular flexibility index (Phi) is 5.53. The minimum atomic E-state index is -0.0539. The lowest BCUT2D eigenvalue weighted by Gasteiger charge is -2.08. The number of rotatable bonds is 5. The van der Waals surface area contributed by atoms with E-state index < -0.39 is 0 Å². The van der Waals surface area contributed by atoms with Crippen molar-refractivity contribution in [3.05, 3.63) is 53.1 Å². The number of carbonyl (C=O) groups is 1. The Balaban J connectivity index is 1.85. The van der Waals surface area contributed by atoms with Crippen molar-refractivity contribution >= 4 is 40.6 Å². The van der Waals surface area contributed by atoms with Gasteiger partial charge < -0.3 is 11.1 Å². The van der Waals surface area contributed by atoms with E-state index in [2.05, 4.69) is 5.32 Å². The zero-order chi connectivity index (χ0) is 15.2. The number of anilines is 2. The van der Waals surface area contributed by atoms with E-state index in [0.717, 1.165) is 16.1 Å². The van der Waals surface area contributed by atoms with Crippen LogP contribution in [0, 0.1) is 6.92 Å². The number of hydrogen-bond donors (Lipinski definition) is 2. The first-order valence-electron chi connectivity index (χ1n) is 6.59. The van der Waals surface area contributed by atoms with Crippen LogP contribution in [0.3, 0.4) is 0 Å². The number of carbonyl (C=O) groups excluding carboxylic acids is 1. The van der Waals surface area contributed by atoms with Crippen LogP contribution < -0.4 is 11.1 Å². The van der Waals surface area contributed by atoms with Crippen LogP contribution in [0.1, 0.15) is 12.0 Å². The van der Waals surface area contributed by atoms with E-state index in [9.17, 15) is 4.79 Å². The first-order valence-corrected chi connectivity index (χ1v) is 7.96. The summed E-state index contributed by atoms with van der Waals surface area (Å²) in [6.45, 7) is 2.02. The highest BCUT2D eigenvalue weighted by atomic mass is 35.5. The number of hydrogen-bond acceptors (Lipinski definition) is 3. The second-order valence-corrected chi connectivity index (χ2v) is 6.21. The summed E-state index contributed by atoms with van der Waals surface area (Å²) in [6, 6.07) is 13.1. The van der Waals surface area contributed by atoms with Gasteiger partial charge in [0.1, 0.15) is 0 Å². The van der Waals surface area contributed by atoms with Crippen LogP contribution in [-0.4, -0.2) is 11.7 Å². The van der Waals surface area contributed by atoms with E-state index in [1.807, 2.05) is 37.3 Å². The summed E-state index contributed by atoms with van der Waals surface area (Å²) in [6.07, 6.45) is 0.406. The largest absolute Gasteiger partial charge is 0.398 e. The van der Waals surface area contributed by atoms with Crippen molar-refractivity contribution in [2.24, 2.45) is 0 Å². The Morgan fingerprint density at radius 2 is 2.05 bits per heavy atom. The molecule has 2 aromatic rings. The molecule has 21 heavy (non-hydrogen) atoms. The molecule has 0 aliphatic heterocycles. The third-order valence-electron chi connectivity index (χ3n) is 2.90. The van der Waals surface area contributed by atoms with Crippen molar-refractivity contribution in [1.29, 1.82) is 0 Å². The molecule has 3 nitrogen and oxygen atoms in total. The lowest BCUT2D eigenvalue weighted by atomic mass is 10.2.